The fourth-order valence-corrected chi connectivity index (χ4v) is 5.34. The Kier molecular flexibility index (Phi) is 7.04. The zero-order valence-electron chi connectivity index (χ0n) is 20.3. The first-order valence-electron chi connectivity index (χ1n) is 11.5. The highest BCUT2D eigenvalue weighted by molar-refractivity contribution is 6.31. The molecule has 0 saturated carbocycles. The molecule has 35 heavy (non-hydrogen) atoms. The van der Waals surface area contributed by atoms with Crippen molar-refractivity contribution in [2.75, 3.05) is 39.7 Å². The van der Waals surface area contributed by atoms with E-state index >= 15 is 0 Å². The molecule has 0 aliphatic carbocycles. The van der Waals surface area contributed by atoms with Gasteiger partial charge in [-0.1, -0.05) is 23.2 Å². The Balaban J connectivity index is 1.97. The summed E-state index contributed by atoms with van der Waals surface area (Å²) in [4.78, 5) is 31.0. The summed E-state index contributed by atoms with van der Waals surface area (Å²) in [5.41, 5.74) is 1.50. The molecule has 2 aliphatic heterocycles. The van der Waals surface area contributed by atoms with Gasteiger partial charge in [-0.3, -0.25) is 14.5 Å². The zero-order valence-corrected chi connectivity index (χ0v) is 21.1. The highest BCUT2D eigenvalue weighted by Gasteiger charge is 2.59. The van der Waals surface area contributed by atoms with Crippen LogP contribution in [-0.4, -0.2) is 68.1 Å². The highest BCUT2D eigenvalue weighted by atomic mass is 35.5. The summed E-state index contributed by atoms with van der Waals surface area (Å²) >= 11 is 6.44. The third-order valence-corrected chi connectivity index (χ3v) is 6.91. The van der Waals surface area contributed by atoms with Crippen LogP contribution in [0.4, 0.5) is 5.69 Å². The highest BCUT2D eigenvalue weighted by Crippen LogP contribution is 2.51. The second-order valence-electron chi connectivity index (χ2n) is 9.10. The molecule has 0 aromatic heterocycles. The molecular weight excluding hydrogens is 468 g/mol. The number of halogens is 1. The summed E-state index contributed by atoms with van der Waals surface area (Å²) < 4.78 is 11.7. The van der Waals surface area contributed by atoms with E-state index in [-0.39, 0.29) is 30.9 Å². The van der Waals surface area contributed by atoms with Crippen molar-refractivity contribution in [3.8, 4) is 11.8 Å². The van der Waals surface area contributed by atoms with Crippen molar-refractivity contribution in [2.45, 2.75) is 37.5 Å². The molecule has 9 heteroatoms. The predicted molar refractivity (Wildman–Crippen MR) is 132 cm³/mol. The third kappa shape index (κ3) is 4.25. The molecule has 2 aliphatic rings. The molecular formula is C26H29ClN4O4. The molecule has 184 valence electrons. The molecule has 8 nitrogen and oxygen atoms in total. The average Bonchev–Trinajstić information content (AvgIpc) is 3.37. The maximum absolute atomic E-state index is 14.1. The maximum Gasteiger partial charge on any atom is 0.254 e. The number of nitrogens with one attached hydrogen (secondary N) is 1. The van der Waals surface area contributed by atoms with E-state index in [2.05, 4.69) is 11.4 Å². The van der Waals surface area contributed by atoms with Crippen molar-refractivity contribution in [2.24, 2.45) is 0 Å². The number of likely N-dealkylation sites (N-methyl/N-ethyl adjacent to an activating group) is 1. The lowest BCUT2D eigenvalue weighted by molar-refractivity contribution is -0.138. The van der Waals surface area contributed by atoms with E-state index in [1.54, 1.807) is 39.4 Å². The number of nitrogens with zero attached hydrogens (tertiary/aromatic N) is 3. The van der Waals surface area contributed by atoms with Crippen molar-refractivity contribution in [3.63, 3.8) is 0 Å². The van der Waals surface area contributed by atoms with Gasteiger partial charge >= 0.3 is 0 Å². The van der Waals surface area contributed by atoms with Crippen LogP contribution in [0.2, 0.25) is 5.02 Å². The Morgan fingerprint density at radius 1 is 1.29 bits per heavy atom. The first kappa shape index (κ1) is 25.0. The lowest BCUT2D eigenvalue weighted by atomic mass is 9.80. The van der Waals surface area contributed by atoms with E-state index in [4.69, 9.17) is 26.3 Å². The number of methoxy groups -OCH3 is 1. The molecule has 0 radical (unpaired) electrons. The van der Waals surface area contributed by atoms with Gasteiger partial charge in [0.05, 0.1) is 38.4 Å². The molecule has 1 saturated heterocycles. The van der Waals surface area contributed by atoms with Gasteiger partial charge in [0.1, 0.15) is 5.75 Å². The van der Waals surface area contributed by atoms with Crippen LogP contribution in [0.15, 0.2) is 36.4 Å². The van der Waals surface area contributed by atoms with E-state index in [9.17, 15) is 9.59 Å². The quantitative estimate of drug-likeness (QED) is 0.591. The number of rotatable bonds is 7. The minimum absolute atomic E-state index is 0.134. The largest absolute Gasteiger partial charge is 0.496 e. The smallest absolute Gasteiger partial charge is 0.254 e. The second kappa shape index (κ2) is 9.86. The number of aryl methyl sites for hydroxylation is 1. The van der Waals surface area contributed by atoms with Crippen molar-refractivity contribution in [3.05, 3.63) is 58.1 Å². The second-order valence-corrected chi connectivity index (χ2v) is 9.53. The molecule has 2 heterocycles. The summed E-state index contributed by atoms with van der Waals surface area (Å²) in [5.74, 6) is 0.113. The van der Waals surface area contributed by atoms with Gasteiger partial charge < -0.3 is 19.7 Å². The molecule has 3 atom stereocenters. The summed E-state index contributed by atoms with van der Waals surface area (Å²) in [6, 6.07) is 12.4. The Hall–Kier alpha value is -3.12. The number of anilines is 1. The minimum atomic E-state index is -1.37. The number of fused-ring (bicyclic) bond motifs is 1. The minimum Gasteiger partial charge on any atom is -0.496 e. The molecule has 2 aromatic rings. The third-order valence-electron chi connectivity index (χ3n) is 6.68. The number of hydrogen-bond acceptors (Lipinski definition) is 6. The number of carbonyl (C=O) groups is 2. The van der Waals surface area contributed by atoms with Gasteiger partial charge in [-0.25, -0.2) is 0 Å². The van der Waals surface area contributed by atoms with Gasteiger partial charge in [-0.05, 0) is 43.7 Å². The van der Waals surface area contributed by atoms with E-state index in [0.717, 1.165) is 5.56 Å². The van der Waals surface area contributed by atoms with E-state index < -0.39 is 11.6 Å². The van der Waals surface area contributed by atoms with E-state index in [0.29, 0.717) is 40.6 Å². The van der Waals surface area contributed by atoms with Crippen LogP contribution < -0.4 is 10.1 Å². The molecule has 0 spiro atoms. The van der Waals surface area contributed by atoms with Crippen molar-refractivity contribution < 1.29 is 19.1 Å². The van der Waals surface area contributed by atoms with Gasteiger partial charge in [0.25, 0.3) is 5.91 Å². The number of hydrogen-bond donors (Lipinski definition) is 1. The average molecular weight is 497 g/mol. The lowest BCUT2D eigenvalue weighted by Gasteiger charge is -2.41. The van der Waals surface area contributed by atoms with Gasteiger partial charge in [0.15, 0.2) is 5.54 Å². The number of likely N-dealkylation sites (tertiary alicyclic amines) is 1. The summed E-state index contributed by atoms with van der Waals surface area (Å²) in [6.07, 6.45) is 0.307. The van der Waals surface area contributed by atoms with Crippen LogP contribution in [0.1, 0.15) is 29.5 Å². The Morgan fingerprint density at radius 3 is 2.74 bits per heavy atom. The van der Waals surface area contributed by atoms with Crippen LogP contribution in [0.5, 0.6) is 5.75 Å². The van der Waals surface area contributed by atoms with Gasteiger partial charge in [0.2, 0.25) is 5.91 Å². The molecule has 1 N–H and O–H groups in total. The van der Waals surface area contributed by atoms with Crippen molar-refractivity contribution in [1.29, 1.82) is 5.26 Å². The van der Waals surface area contributed by atoms with E-state index in [1.165, 1.54) is 4.90 Å². The summed E-state index contributed by atoms with van der Waals surface area (Å²) in [5, 5.41) is 12.4. The SMILES string of the molecule is COc1ccc(C)cc1C1(N2C[C@H](OCCC#N)C[C@H]2C(=O)N(C)C)C(=O)Nc2ccc(Cl)cc21. The lowest BCUT2D eigenvalue weighted by Crippen LogP contribution is -2.57. The van der Waals surface area contributed by atoms with Crippen molar-refractivity contribution in [1.82, 2.24) is 9.80 Å². The number of carbonyl (C=O) groups excluding carboxylic acids is 2. The van der Waals surface area contributed by atoms with Crippen molar-refractivity contribution >= 4 is 29.1 Å². The molecule has 0 bridgehead atoms. The molecule has 4 rings (SSSR count). The first-order chi connectivity index (χ1) is 16.7. The van der Waals surface area contributed by atoms with Crippen LogP contribution in [0.25, 0.3) is 0 Å². The standard InChI is InChI=1S/C26H29ClN4O4/c1-16-6-9-23(34-4)20(12-16)26(19-13-17(27)7-8-21(19)29-25(26)33)31-15-18(35-11-5-10-28)14-22(31)24(32)30(2)3/h6-9,12-13,18,22H,5,11,14-15H2,1-4H3,(H,29,33)/t18-,22+,26?/m1/s1. The Labute approximate surface area is 210 Å². The first-order valence-corrected chi connectivity index (χ1v) is 11.8. The van der Waals surface area contributed by atoms with Gasteiger partial charge in [-0.15, -0.1) is 0 Å². The molecule has 2 amide bonds. The summed E-state index contributed by atoms with van der Waals surface area (Å²) in [7, 11) is 4.96. The fourth-order valence-electron chi connectivity index (χ4n) is 5.16. The molecule has 1 unspecified atom stereocenters. The van der Waals surface area contributed by atoms with Crippen LogP contribution >= 0.6 is 11.6 Å². The zero-order chi connectivity index (χ0) is 25.3. The Morgan fingerprint density at radius 2 is 2.06 bits per heavy atom. The predicted octanol–water partition coefficient (Wildman–Crippen LogP) is 3.31. The van der Waals surface area contributed by atoms with Crippen LogP contribution in [-0.2, 0) is 19.9 Å². The van der Waals surface area contributed by atoms with E-state index in [1.807, 2.05) is 30.0 Å². The summed E-state index contributed by atoms with van der Waals surface area (Å²) in [6.45, 7) is 2.52. The van der Waals surface area contributed by atoms with Gasteiger partial charge in [0, 0.05) is 42.5 Å². The normalized spacial score (nSPS) is 23.5. The number of benzene rings is 2. The van der Waals surface area contributed by atoms with Gasteiger partial charge in [-0.2, -0.15) is 5.26 Å². The number of amides is 2. The molecule has 1 fully saturated rings. The monoisotopic (exact) mass is 496 g/mol. The topological polar surface area (TPSA) is 94.9 Å². The van der Waals surface area contributed by atoms with Crippen LogP contribution in [0, 0.1) is 18.3 Å². The Bertz CT molecular complexity index is 1190. The number of ether oxygens (including phenoxy) is 2. The molecule has 2 aromatic carbocycles. The fraction of sp³-hybridized carbons (Fsp3) is 0.423. The number of nitriles is 1. The van der Waals surface area contributed by atoms with Crippen LogP contribution in [0.3, 0.4) is 0 Å². The maximum atomic E-state index is 14.1.